The molecule has 398 valence electrons. The first-order valence-corrected chi connectivity index (χ1v) is 29.7. The molecule has 0 spiro atoms. The first-order valence-electron chi connectivity index (χ1n) is 29.7. The molecule has 1 fully saturated rings. The average Bonchev–Trinajstić information content (AvgIpc) is 3.26. The molecule has 1 aliphatic rings. The third-order valence-electron chi connectivity index (χ3n) is 14.5. The number of aliphatic hydroxyl groups is 1. The fourth-order valence-electron chi connectivity index (χ4n) is 11.2. The zero-order valence-corrected chi connectivity index (χ0v) is 48.4. The summed E-state index contributed by atoms with van der Waals surface area (Å²) in [5, 5.41) is 10.5. The zero-order valence-electron chi connectivity index (χ0n) is 48.4. The highest BCUT2D eigenvalue weighted by Crippen LogP contribution is 2.36. The molecular weight excluding hydrogens is 811 g/mol. The molecule has 0 aliphatic carbocycles. The number of likely N-dealkylation sites (tertiary alicyclic amines) is 1. The minimum atomic E-state index is -0.687. The van der Waals surface area contributed by atoms with Crippen molar-refractivity contribution in [1.82, 2.24) is 4.90 Å². The van der Waals surface area contributed by atoms with Crippen molar-refractivity contribution in [2.75, 3.05) is 13.1 Å². The summed E-state index contributed by atoms with van der Waals surface area (Å²) in [6.45, 7) is 36.1. The smallest absolute Gasteiger partial charge is 0.311 e. The second kappa shape index (κ2) is 41.0. The molecule has 1 aliphatic heterocycles. The molecular formula is C61H125NO4. The summed E-state index contributed by atoms with van der Waals surface area (Å²) >= 11 is 0. The third-order valence-corrected chi connectivity index (χ3v) is 14.5. The average molecular weight is 937 g/mol. The third kappa shape index (κ3) is 36.3. The molecule has 66 heavy (non-hydrogen) atoms. The van der Waals surface area contributed by atoms with Crippen LogP contribution in [0.3, 0.4) is 0 Å². The molecule has 1 saturated heterocycles. The number of ether oxygens (including phenoxy) is 2. The summed E-state index contributed by atoms with van der Waals surface area (Å²) < 4.78 is 13.3. The number of nitrogens with zero attached hydrogens (tertiary/aromatic N) is 1. The van der Waals surface area contributed by atoms with Crippen LogP contribution >= 0.6 is 0 Å². The van der Waals surface area contributed by atoms with E-state index in [0.717, 1.165) is 69.9 Å². The van der Waals surface area contributed by atoms with Crippen LogP contribution in [0.5, 0.6) is 0 Å². The van der Waals surface area contributed by atoms with Crippen molar-refractivity contribution in [3.63, 3.8) is 0 Å². The second-order valence-electron chi connectivity index (χ2n) is 23.4. The van der Waals surface area contributed by atoms with Crippen LogP contribution in [0.2, 0.25) is 0 Å². The van der Waals surface area contributed by atoms with Crippen LogP contribution in [0.4, 0.5) is 0 Å². The molecule has 0 saturated carbocycles. The van der Waals surface area contributed by atoms with Gasteiger partial charge in [-0.15, -0.1) is 0 Å². The van der Waals surface area contributed by atoms with Gasteiger partial charge in [-0.25, -0.2) is 0 Å². The molecule has 1 rings (SSSR count). The molecule has 0 aromatic rings. The summed E-state index contributed by atoms with van der Waals surface area (Å²) in [6, 6.07) is 0. The van der Waals surface area contributed by atoms with Gasteiger partial charge in [0, 0.05) is 18.6 Å². The van der Waals surface area contributed by atoms with Gasteiger partial charge >= 0.3 is 5.97 Å². The van der Waals surface area contributed by atoms with Crippen molar-refractivity contribution >= 4 is 5.97 Å². The normalized spacial score (nSPS) is 14.4. The Morgan fingerprint density at radius 3 is 1.15 bits per heavy atom. The first kappa shape index (κ1) is 67.4. The Morgan fingerprint density at radius 2 is 0.818 bits per heavy atom. The van der Waals surface area contributed by atoms with Gasteiger partial charge in [-0.05, 0) is 119 Å². The summed E-state index contributed by atoms with van der Waals surface area (Å²) in [6.07, 6.45) is 43.6. The number of carbonyl (C=O) groups is 1. The molecule has 1 N–H and O–H groups in total. The molecule has 0 radical (unpaired) electrons. The molecule has 5 heteroatoms. The minimum Gasteiger partial charge on any atom is -0.462 e. The van der Waals surface area contributed by atoms with E-state index in [1.807, 2.05) is 41.5 Å². The summed E-state index contributed by atoms with van der Waals surface area (Å²) in [7, 11) is 0. The van der Waals surface area contributed by atoms with Crippen LogP contribution in [0.15, 0.2) is 0 Å². The Kier molecular flexibility index (Phi) is 41.9. The maximum atomic E-state index is 14.0. The van der Waals surface area contributed by atoms with Gasteiger partial charge < -0.3 is 14.6 Å². The van der Waals surface area contributed by atoms with Crippen LogP contribution in [0.25, 0.3) is 0 Å². The highest BCUT2D eigenvalue weighted by atomic mass is 16.5. The van der Waals surface area contributed by atoms with Gasteiger partial charge in [0.15, 0.2) is 0 Å². The Balaban J connectivity index is 0. The van der Waals surface area contributed by atoms with E-state index in [1.54, 1.807) is 0 Å². The van der Waals surface area contributed by atoms with E-state index in [0.29, 0.717) is 6.42 Å². The maximum Gasteiger partial charge on any atom is 0.311 e. The van der Waals surface area contributed by atoms with Gasteiger partial charge in [0.2, 0.25) is 0 Å². The summed E-state index contributed by atoms with van der Waals surface area (Å²) in [4.78, 5) is 16.5. The monoisotopic (exact) mass is 936 g/mol. The lowest BCUT2D eigenvalue weighted by molar-refractivity contribution is -0.168. The highest BCUT2D eigenvalue weighted by Gasteiger charge is 2.40. The maximum absolute atomic E-state index is 14.0. The number of rotatable bonds is 41. The van der Waals surface area contributed by atoms with Gasteiger partial charge in [-0.3, -0.25) is 9.69 Å². The molecule has 5 nitrogen and oxygen atoms in total. The highest BCUT2D eigenvalue weighted by molar-refractivity contribution is 5.76. The van der Waals surface area contributed by atoms with E-state index in [4.69, 9.17) is 9.47 Å². The molecule has 1 heterocycles. The van der Waals surface area contributed by atoms with Crippen LogP contribution < -0.4 is 0 Å². The minimum absolute atomic E-state index is 0.0220. The lowest BCUT2D eigenvalue weighted by atomic mass is 9.81. The van der Waals surface area contributed by atoms with Crippen molar-refractivity contribution in [2.45, 2.75) is 358 Å². The molecule has 0 bridgehead atoms. The Morgan fingerprint density at radius 1 is 0.500 bits per heavy atom. The van der Waals surface area contributed by atoms with Crippen LogP contribution in [0, 0.1) is 17.3 Å². The van der Waals surface area contributed by atoms with E-state index in [2.05, 4.69) is 74.1 Å². The standard InChI is InChI=1S/C57H113NO4.2C2H6/c1-13-17-35-49(36-18-14-2)39-31-27-23-21-25-29-33-41-51(42-34-30-26-22-24-28-32-40-50(37-19-15-3)38-20-16-4)61-53(59)54(5,6)47-57(11,12)62-52-43-45-58(46-44-52)55(7,8)48-56(9,10)60;2*1-2/h49-52,60H,13-48H2,1-12H3;2*1-2H3. The Labute approximate surface area is 417 Å². The number of carbonyl (C=O) groups excluding carboxylic acids is 1. The van der Waals surface area contributed by atoms with Crippen molar-refractivity contribution in [2.24, 2.45) is 17.3 Å². The van der Waals surface area contributed by atoms with Gasteiger partial charge in [0.1, 0.15) is 6.10 Å². The van der Waals surface area contributed by atoms with E-state index in [-0.39, 0.29) is 23.7 Å². The van der Waals surface area contributed by atoms with Crippen molar-refractivity contribution in [1.29, 1.82) is 0 Å². The van der Waals surface area contributed by atoms with E-state index in [9.17, 15) is 9.90 Å². The predicted molar refractivity (Wildman–Crippen MR) is 294 cm³/mol. The number of unbranched alkanes of at least 4 members (excludes halogenated alkanes) is 16. The first-order chi connectivity index (χ1) is 31.4. The molecule has 0 unspecified atom stereocenters. The van der Waals surface area contributed by atoms with Gasteiger partial charge in [0.25, 0.3) is 0 Å². The lowest BCUT2D eigenvalue weighted by Gasteiger charge is -2.46. The SMILES string of the molecule is CC.CC.CCCCC(CCCC)CCCCCCCCCC(CCCCCCCCCC(CCCC)CCCC)OC(=O)C(C)(C)CC(C)(C)OC1CCN(C(C)(C)CC(C)(C)O)CC1. The largest absolute Gasteiger partial charge is 0.462 e. The predicted octanol–water partition coefficient (Wildman–Crippen LogP) is 19.6. The fourth-order valence-corrected chi connectivity index (χ4v) is 11.2. The second-order valence-corrected chi connectivity index (χ2v) is 23.4. The van der Waals surface area contributed by atoms with E-state index < -0.39 is 16.6 Å². The quantitative estimate of drug-likeness (QED) is 0.0489. The fraction of sp³-hybridized carbons (Fsp3) is 0.984. The van der Waals surface area contributed by atoms with Gasteiger partial charge in [0.05, 0.1) is 22.7 Å². The molecule has 0 amide bonds. The van der Waals surface area contributed by atoms with Crippen LogP contribution in [-0.4, -0.2) is 58.0 Å². The number of hydrogen-bond acceptors (Lipinski definition) is 5. The Hall–Kier alpha value is -0.650. The number of esters is 1. The molecule has 0 aromatic heterocycles. The molecule has 0 aromatic carbocycles. The summed E-state index contributed by atoms with van der Waals surface area (Å²) in [5.74, 6) is 1.87. The van der Waals surface area contributed by atoms with Gasteiger partial charge in [-0.1, -0.05) is 222 Å². The lowest BCUT2D eigenvalue weighted by Crippen LogP contribution is -2.53. The van der Waals surface area contributed by atoms with Gasteiger partial charge in [-0.2, -0.15) is 0 Å². The van der Waals surface area contributed by atoms with E-state index in [1.165, 1.54) is 167 Å². The number of hydrogen-bond donors (Lipinski definition) is 1. The zero-order chi connectivity index (χ0) is 50.3. The topological polar surface area (TPSA) is 59.0 Å². The van der Waals surface area contributed by atoms with Crippen LogP contribution in [-0.2, 0) is 14.3 Å². The van der Waals surface area contributed by atoms with Crippen molar-refractivity contribution in [3.8, 4) is 0 Å². The van der Waals surface area contributed by atoms with Crippen molar-refractivity contribution < 1.29 is 19.4 Å². The Bertz CT molecular complexity index is 1000. The number of piperidine rings is 1. The summed E-state index contributed by atoms with van der Waals surface area (Å²) in [5.41, 5.74) is -1.79. The molecule has 0 atom stereocenters. The van der Waals surface area contributed by atoms with Crippen LogP contribution in [0.1, 0.15) is 329 Å². The van der Waals surface area contributed by atoms with E-state index >= 15 is 0 Å². The van der Waals surface area contributed by atoms with Crippen molar-refractivity contribution in [3.05, 3.63) is 0 Å².